The van der Waals surface area contributed by atoms with Crippen LogP contribution in [0.5, 0.6) is 0 Å². The molecule has 112 valence electrons. The van der Waals surface area contributed by atoms with Gasteiger partial charge in [-0.25, -0.2) is 8.42 Å². The molecule has 8 heteroatoms. The topological polar surface area (TPSA) is 101 Å². The Hall–Kier alpha value is -1.31. The van der Waals surface area contributed by atoms with Crippen LogP contribution in [0.1, 0.15) is 19.8 Å². The number of hydrogen-bond acceptors (Lipinski definition) is 4. The highest BCUT2D eigenvalue weighted by atomic mass is 35.5. The molecule has 0 saturated carbocycles. The highest BCUT2D eigenvalue weighted by molar-refractivity contribution is 7.92. The lowest BCUT2D eigenvalue weighted by Crippen LogP contribution is -2.35. The first-order chi connectivity index (χ1) is 9.23. The number of nitrogens with two attached hydrogens (primary N) is 1. The third kappa shape index (κ3) is 5.36. The third-order valence-corrected chi connectivity index (χ3v) is 3.37. The van der Waals surface area contributed by atoms with Gasteiger partial charge in [-0.1, -0.05) is 24.9 Å². The maximum atomic E-state index is 11.7. The van der Waals surface area contributed by atoms with Gasteiger partial charge >= 0.3 is 0 Å². The van der Waals surface area contributed by atoms with Crippen LogP contribution in [0, 0.1) is 0 Å². The van der Waals surface area contributed by atoms with Crippen LogP contribution >= 0.6 is 11.6 Å². The second-order valence-corrected chi connectivity index (χ2v) is 6.61. The molecule has 0 aliphatic carbocycles. The maximum Gasteiger partial charge on any atom is 0.241 e. The van der Waals surface area contributed by atoms with Crippen molar-refractivity contribution in [2.24, 2.45) is 5.73 Å². The molecule has 0 bridgehead atoms. The fraction of sp³-hybridized carbons (Fsp3) is 0.417. The molecule has 0 aromatic heterocycles. The molecular formula is C12H18ClN3O3S. The Bertz CT molecular complexity index is 590. The summed E-state index contributed by atoms with van der Waals surface area (Å²) in [5.74, 6) is -0.299. The van der Waals surface area contributed by atoms with E-state index < -0.39 is 16.1 Å². The number of anilines is 2. The van der Waals surface area contributed by atoms with Gasteiger partial charge in [0.2, 0.25) is 15.9 Å². The van der Waals surface area contributed by atoms with E-state index in [1.807, 2.05) is 6.92 Å². The van der Waals surface area contributed by atoms with Crippen molar-refractivity contribution in [1.82, 2.24) is 0 Å². The van der Waals surface area contributed by atoms with Gasteiger partial charge in [-0.05, 0) is 24.6 Å². The molecule has 0 fully saturated rings. The maximum absolute atomic E-state index is 11.7. The molecule has 20 heavy (non-hydrogen) atoms. The molecule has 0 aliphatic rings. The lowest BCUT2D eigenvalue weighted by molar-refractivity contribution is -0.117. The quantitative estimate of drug-likeness (QED) is 0.743. The van der Waals surface area contributed by atoms with E-state index in [1.165, 1.54) is 12.1 Å². The number of sulfonamides is 1. The number of amides is 1. The second-order valence-electron chi connectivity index (χ2n) is 4.45. The van der Waals surface area contributed by atoms with Gasteiger partial charge in [-0.15, -0.1) is 0 Å². The molecule has 1 aromatic rings. The highest BCUT2D eigenvalue weighted by Crippen LogP contribution is 2.26. The number of benzene rings is 1. The average Bonchev–Trinajstić information content (AvgIpc) is 2.31. The average molecular weight is 320 g/mol. The summed E-state index contributed by atoms with van der Waals surface area (Å²) in [4.78, 5) is 11.7. The number of carbonyl (C=O) groups excluding carboxylic acids is 1. The molecule has 0 saturated heterocycles. The molecular weight excluding hydrogens is 302 g/mol. The van der Waals surface area contributed by atoms with Crippen molar-refractivity contribution in [2.75, 3.05) is 16.3 Å². The molecule has 4 N–H and O–H groups in total. The van der Waals surface area contributed by atoms with Crippen LogP contribution in [-0.2, 0) is 14.8 Å². The smallest absolute Gasteiger partial charge is 0.241 e. The first-order valence-electron chi connectivity index (χ1n) is 6.06. The van der Waals surface area contributed by atoms with Crippen molar-refractivity contribution in [3.63, 3.8) is 0 Å². The van der Waals surface area contributed by atoms with Gasteiger partial charge in [0, 0.05) is 5.69 Å². The predicted molar refractivity (Wildman–Crippen MR) is 81.4 cm³/mol. The van der Waals surface area contributed by atoms with Crippen molar-refractivity contribution >= 4 is 38.9 Å². The van der Waals surface area contributed by atoms with E-state index in [9.17, 15) is 13.2 Å². The van der Waals surface area contributed by atoms with Crippen LogP contribution in [0.4, 0.5) is 11.4 Å². The minimum atomic E-state index is -3.40. The largest absolute Gasteiger partial charge is 0.325 e. The second kappa shape index (κ2) is 6.92. The number of rotatable bonds is 6. The summed E-state index contributed by atoms with van der Waals surface area (Å²) in [5, 5.41) is 2.82. The van der Waals surface area contributed by atoms with Crippen LogP contribution in [0.3, 0.4) is 0 Å². The molecule has 0 unspecified atom stereocenters. The van der Waals surface area contributed by atoms with Crippen LogP contribution in [-0.4, -0.2) is 26.6 Å². The first-order valence-corrected chi connectivity index (χ1v) is 8.33. The van der Waals surface area contributed by atoms with E-state index in [0.717, 1.165) is 12.7 Å². The summed E-state index contributed by atoms with van der Waals surface area (Å²) in [6.07, 6.45) is 2.43. The predicted octanol–water partition coefficient (Wildman–Crippen LogP) is 1.78. The standard InChI is InChI=1S/C12H18ClN3O3S/c1-3-4-10(14)12(17)15-8-5-6-11(9(13)7-8)16-20(2,18)19/h5-7,10,16H,3-4,14H2,1-2H3,(H,15,17)/t10-/m0/s1. The lowest BCUT2D eigenvalue weighted by atomic mass is 10.1. The fourth-order valence-corrected chi connectivity index (χ4v) is 2.41. The number of nitrogens with one attached hydrogen (secondary N) is 2. The molecule has 1 rings (SSSR count). The summed E-state index contributed by atoms with van der Waals surface area (Å²) < 4.78 is 24.5. The summed E-state index contributed by atoms with van der Waals surface area (Å²) in [6, 6.07) is 3.92. The van der Waals surface area contributed by atoms with E-state index in [0.29, 0.717) is 12.1 Å². The Balaban J connectivity index is 2.80. The van der Waals surface area contributed by atoms with Gasteiger partial charge < -0.3 is 11.1 Å². The van der Waals surface area contributed by atoms with Crippen molar-refractivity contribution in [2.45, 2.75) is 25.8 Å². The lowest BCUT2D eigenvalue weighted by Gasteiger charge is -2.12. The SMILES string of the molecule is CCC[C@H](N)C(=O)Nc1ccc(NS(C)(=O)=O)c(Cl)c1. The monoisotopic (exact) mass is 319 g/mol. The molecule has 1 aromatic carbocycles. The van der Waals surface area contributed by atoms with E-state index >= 15 is 0 Å². The summed E-state index contributed by atoms with van der Waals surface area (Å²) in [6.45, 7) is 1.94. The zero-order valence-electron chi connectivity index (χ0n) is 11.3. The molecule has 1 atom stereocenters. The zero-order chi connectivity index (χ0) is 15.3. The van der Waals surface area contributed by atoms with Gasteiger partial charge in [-0.2, -0.15) is 0 Å². The van der Waals surface area contributed by atoms with Crippen molar-refractivity contribution in [3.05, 3.63) is 23.2 Å². The highest BCUT2D eigenvalue weighted by Gasteiger charge is 2.13. The Kier molecular flexibility index (Phi) is 5.79. The zero-order valence-corrected chi connectivity index (χ0v) is 12.9. The van der Waals surface area contributed by atoms with E-state index in [4.69, 9.17) is 17.3 Å². The molecule has 0 heterocycles. The van der Waals surface area contributed by atoms with E-state index in [-0.39, 0.29) is 16.6 Å². The minimum absolute atomic E-state index is 0.192. The van der Waals surface area contributed by atoms with Gasteiger partial charge in [0.1, 0.15) is 0 Å². The number of carbonyl (C=O) groups is 1. The molecule has 6 nitrogen and oxygen atoms in total. The van der Waals surface area contributed by atoms with Crippen molar-refractivity contribution in [3.8, 4) is 0 Å². The Labute approximate surface area is 123 Å². The normalized spacial score (nSPS) is 12.8. The van der Waals surface area contributed by atoms with Gasteiger partial charge in [0.05, 0.1) is 23.0 Å². The van der Waals surface area contributed by atoms with Crippen LogP contribution < -0.4 is 15.8 Å². The van der Waals surface area contributed by atoms with Crippen molar-refractivity contribution in [1.29, 1.82) is 0 Å². The third-order valence-electron chi connectivity index (χ3n) is 2.47. The van der Waals surface area contributed by atoms with Crippen LogP contribution in [0.15, 0.2) is 18.2 Å². The molecule has 1 amide bonds. The summed E-state index contributed by atoms with van der Waals surface area (Å²) in [5.41, 5.74) is 6.41. The molecule has 0 spiro atoms. The Morgan fingerprint density at radius 3 is 2.60 bits per heavy atom. The fourth-order valence-electron chi connectivity index (χ4n) is 1.55. The summed E-state index contributed by atoms with van der Waals surface area (Å²) in [7, 11) is -3.40. The van der Waals surface area contributed by atoms with E-state index in [2.05, 4.69) is 10.0 Å². The molecule has 0 radical (unpaired) electrons. The van der Waals surface area contributed by atoms with Crippen molar-refractivity contribution < 1.29 is 13.2 Å². The van der Waals surface area contributed by atoms with E-state index in [1.54, 1.807) is 6.07 Å². The van der Waals surface area contributed by atoms with Crippen LogP contribution in [0.2, 0.25) is 5.02 Å². The number of halogens is 1. The molecule has 0 aliphatic heterocycles. The number of hydrogen-bond donors (Lipinski definition) is 3. The Morgan fingerprint density at radius 2 is 2.10 bits per heavy atom. The minimum Gasteiger partial charge on any atom is -0.325 e. The van der Waals surface area contributed by atoms with Crippen LogP contribution in [0.25, 0.3) is 0 Å². The first kappa shape index (κ1) is 16.7. The Morgan fingerprint density at radius 1 is 1.45 bits per heavy atom. The summed E-state index contributed by atoms with van der Waals surface area (Å²) >= 11 is 5.95. The van der Waals surface area contributed by atoms with Gasteiger partial charge in [0.15, 0.2) is 0 Å². The van der Waals surface area contributed by atoms with Gasteiger partial charge in [-0.3, -0.25) is 9.52 Å². The van der Waals surface area contributed by atoms with Gasteiger partial charge in [0.25, 0.3) is 0 Å².